The number of hydrogen-bond acceptors (Lipinski definition) is 11. The molecule has 204 valence electrons. The second-order valence-electron chi connectivity index (χ2n) is 9.99. The summed E-state index contributed by atoms with van der Waals surface area (Å²) in [6, 6.07) is 5.98. The van der Waals surface area contributed by atoms with Crippen LogP contribution in [0.5, 0.6) is 11.5 Å². The molecule has 2 aromatic rings. The Labute approximate surface area is 230 Å². The second kappa shape index (κ2) is 9.78. The van der Waals surface area contributed by atoms with Crippen LogP contribution < -0.4 is 0 Å². The summed E-state index contributed by atoms with van der Waals surface area (Å²) in [7, 11) is 0. The Kier molecular flexibility index (Phi) is 7.05. The molecule has 0 aromatic heterocycles. The first-order valence-corrected chi connectivity index (χ1v) is 13.3. The average Bonchev–Trinajstić information content (AvgIpc) is 2.90. The standard InChI is InChI=1S/C26H27IO11/c1-9-19(30)24(35)18(27)25(37-9)38-13-7-26(36,14(29)8-28)6-12-15(13)23(34)17-16(22(12)33)20(31)10-4-2-3-5-11(10)21(17)32/h2-5,9,13-14,18-19,24-25,28-30,33-36H,6-8H2,1H3/t9-,13+,14-,18-,19+,24-,25+,26+/m1/s1. The number of aromatic hydroxyl groups is 2. The molecule has 2 aromatic carbocycles. The molecule has 38 heavy (non-hydrogen) atoms. The molecule has 0 bridgehead atoms. The maximum atomic E-state index is 13.4. The van der Waals surface area contributed by atoms with Crippen LogP contribution in [-0.2, 0) is 15.9 Å². The van der Waals surface area contributed by atoms with E-state index in [-0.39, 0.29) is 22.3 Å². The predicted octanol–water partition coefficient (Wildman–Crippen LogP) is 0.232. The van der Waals surface area contributed by atoms with Crippen molar-refractivity contribution in [3.8, 4) is 11.5 Å². The number of ether oxygens (including phenoxy) is 2. The molecule has 8 atom stereocenters. The Hall–Kier alpha value is -2.17. The molecule has 11 nitrogen and oxygen atoms in total. The van der Waals surface area contributed by atoms with Gasteiger partial charge in [0.2, 0.25) is 0 Å². The molecule has 2 aliphatic carbocycles. The first-order valence-electron chi connectivity index (χ1n) is 12.0. The fourth-order valence-corrected chi connectivity index (χ4v) is 6.28. The van der Waals surface area contributed by atoms with Crippen LogP contribution in [0.1, 0.15) is 62.4 Å². The molecule has 0 unspecified atom stereocenters. The van der Waals surface area contributed by atoms with Gasteiger partial charge in [-0.1, -0.05) is 46.9 Å². The Morgan fingerprint density at radius 1 is 1.08 bits per heavy atom. The topological polar surface area (TPSA) is 194 Å². The Morgan fingerprint density at radius 3 is 2.24 bits per heavy atom. The zero-order chi connectivity index (χ0) is 27.7. The van der Waals surface area contributed by atoms with Crippen molar-refractivity contribution >= 4 is 34.2 Å². The van der Waals surface area contributed by atoms with Crippen LogP contribution in [0, 0.1) is 0 Å². The molecular formula is C26H27IO11. The summed E-state index contributed by atoms with van der Waals surface area (Å²) >= 11 is 1.83. The molecule has 5 rings (SSSR count). The van der Waals surface area contributed by atoms with E-state index in [0.29, 0.717) is 0 Å². The van der Waals surface area contributed by atoms with Crippen molar-refractivity contribution in [3.05, 3.63) is 57.6 Å². The third-order valence-electron chi connectivity index (χ3n) is 7.66. The Balaban J connectivity index is 1.67. The molecule has 0 saturated carbocycles. The number of rotatable bonds is 4. The number of carbonyl (C=O) groups is 2. The lowest BCUT2D eigenvalue weighted by atomic mass is 9.71. The quantitative estimate of drug-likeness (QED) is 0.117. The van der Waals surface area contributed by atoms with E-state index < -0.39 is 100.0 Å². The number of phenolic OH excluding ortho intramolecular Hbond substituents is 2. The summed E-state index contributed by atoms with van der Waals surface area (Å²) in [5.74, 6) is -2.67. The lowest BCUT2D eigenvalue weighted by Crippen LogP contribution is -2.56. The largest absolute Gasteiger partial charge is 0.507 e. The minimum absolute atomic E-state index is 0.0406. The minimum atomic E-state index is -2.07. The van der Waals surface area contributed by atoms with Crippen molar-refractivity contribution in [1.29, 1.82) is 0 Å². The van der Waals surface area contributed by atoms with Crippen LogP contribution in [0.3, 0.4) is 0 Å². The van der Waals surface area contributed by atoms with Crippen LogP contribution >= 0.6 is 22.6 Å². The summed E-state index contributed by atoms with van der Waals surface area (Å²) in [6.07, 6.45) is -8.34. The van der Waals surface area contributed by atoms with E-state index in [1.54, 1.807) is 12.1 Å². The molecular weight excluding hydrogens is 615 g/mol. The van der Waals surface area contributed by atoms with E-state index >= 15 is 0 Å². The average molecular weight is 642 g/mol. The van der Waals surface area contributed by atoms with Gasteiger partial charge in [0.05, 0.1) is 45.6 Å². The number of fused-ring (bicyclic) bond motifs is 3. The van der Waals surface area contributed by atoms with Gasteiger partial charge in [-0.3, -0.25) is 9.59 Å². The summed E-state index contributed by atoms with van der Waals surface area (Å²) in [6.45, 7) is 0.687. The van der Waals surface area contributed by atoms with E-state index in [1.807, 2.05) is 22.6 Å². The smallest absolute Gasteiger partial charge is 0.198 e. The number of carbonyl (C=O) groups excluding carboxylic acids is 2. The molecule has 1 saturated heterocycles. The maximum absolute atomic E-state index is 13.4. The van der Waals surface area contributed by atoms with Gasteiger partial charge < -0.3 is 45.2 Å². The number of aliphatic hydroxyl groups excluding tert-OH is 4. The van der Waals surface area contributed by atoms with Crippen LogP contribution in [0.4, 0.5) is 0 Å². The molecule has 0 radical (unpaired) electrons. The highest BCUT2D eigenvalue weighted by molar-refractivity contribution is 14.1. The lowest BCUT2D eigenvalue weighted by molar-refractivity contribution is -0.262. The summed E-state index contributed by atoms with van der Waals surface area (Å²) < 4.78 is 11.0. The van der Waals surface area contributed by atoms with Gasteiger partial charge in [-0.15, -0.1) is 0 Å². The highest BCUT2D eigenvalue weighted by atomic mass is 127. The predicted molar refractivity (Wildman–Crippen MR) is 137 cm³/mol. The van der Waals surface area contributed by atoms with E-state index in [4.69, 9.17) is 9.47 Å². The summed E-state index contributed by atoms with van der Waals surface area (Å²) in [5.41, 5.74) is -3.04. The third-order valence-corrected chi connectivity index (χ3v) is 8.99. The second-order valence-corrected chi connectivity index (χ2v) is 11.4. The van der Waals surface area contributed by atoms with Gasteiger partial charge in [-0.2, -0.15) is 0 Å². The summed E-state index contributed by atoms with van der Waals surface area (Å²) in [5, 5.41) is 74.7. The number of alkyl halides is 1. The zero-order valence-electron chi connectivity index (χ0n) is 20.1. The highest BCUT2D eigenvalue weighted by Gasteiger charge is 2.51. The van der Waals surface area contributed by atoms with Crippen molar-refractivity contribution in [2.24, 2.45) is 0 Å². The first-order chi connectivity index (χ1) is 17.9. The van der Waals surface area contributed by atoms with E-state index in [9.17, 15) is 45.3 Å². The van der Waals surface area contributed by atoms with E-state index in [1.165, 1.54) is 19.1 Å². The van der Waals surface area contributed by atoms with E-state index in [2.05, 4.69) is 0 Å². The Morgan fingerprint density at radius 2 is 1.66 bits per heavy atom. The molecule has 1 heterocycles. The number of phenols is 2. The number of ketones is 2. The van der Waals surface area contributed by atoms with Gasteiger partial charge in [-0.25, -0.2) is 0 Å². The summed E-state index contributed by atoms with van der Waals surface area (Å²) in [4.78, 5) is 26.7. The van der Waals surface area contributed by atoms with Gasteiger partial charge in [-0.05, 0) is 6.92 Å². The number of aliphatic hydroxyl groups is 5. The minimum Gasteiger partial charge on any atom is -0.507 e. The Bertz CT molecular complexity index is 1310. The highest BCUT2D eigenvalue weighted by Crippen LogP contribution is 2.52. The van der Waals surface area contributed by atoms with Crippen LogP contribution in [0.2, 0.25) is 0 Å². The SMILES string of the molecule is C[C@H]1O[C@@H](O[C@H]2C[C@](O)([C@H](O)CO)Cc3c(O)c4c(c(O)c32)C(=O)c2ccccc2C4=O)[C@H](I)[C@@H](O)[C@H]1O. The third kappa shape index (κ3) is 4.05. The number of hydrogen-bond donors (Lipinski definition) is 7. The first kappa shape index (κ1) is 27.4. The molecule has 12 heteroatoms. The van der Waals surface area contributed by atoms with Gasteiger partial charge >= 0.3 is 0 Å². The fraction of sp³-hybridized carbons (Fsp3) is 0.462. The molecule has 7 N–H and O–H groups in total. The van der Waals surface area contributed by atoms with Crippen molar-refractivity contribution in [3.63, 3.8) is 0 Å². The van der Waals surface area contributed by atoms with Crippen LogP contribution in [0.25, 0.3) is 0 Å². The number of benzene rings is 2. The molecule has 3 aliphatic rings. The maximum Gasteiger partial charge on any atom is 0.198 e. The fourth-order valence-electron chi connectivity index (χ4n) is 5.51. The molecule has 1 fully saturated rings. The molecule has 0 amide bonds. The number of halogens is 1. The van der Waals surface area contributed by atoms with Crippen LogP contribution in [-0.4, -0.2) is 94.2 Å². The normalized spacial score (nSPS) is 33.3. The molecule has 0 spiro atoms. The monoisotopic (exact) mass is 642 g/mol. The van der Waals surface area contributed by atoms with E-state index in [0.717, 1.165) is 0 Å². The van der Waals surface area contributed by atoms with Crippen molar-refractivity contribution in [2.75, 3.05) is 6.61 Å². The lowest BCUT2D eigenvalue weighted by Gasteiger charge is -2.45. The van der Waals surface area contributed by atoms with Crippen LogP contribution in [0.15, 0.2) is 24.3 Å². The van der Waals surface area contributed by atoms with Gasteiger partial charge in [0.25, 0.3) is 0 Å². The van der Waals surface area contributed by atoms with Crippen molar-refractivity contribution < 1.29 is 54.8 Å². The van der Waals surface area contributed by atoms with Crippen molar-refractivity contribution in [1.82, 2.24) is 0 Å². The van der Waals surface area contributed by atoms with Gasteiger partial charge in [0.15, 0.2) is 17.9 Å². The van der Waals surface area contributed by atoms with Gasteiger partial charge in [0.1, 0.15) is 23.7 Å². The molecule has 1 aliphatic heterocycles. The van der Waals surface area contributed by atoms with Gasteiger partial charge in [0, 0.05) is 35.1 Å². The zero-order valence-corrected chi connectivity index (χ0v) is 22.3. The van der Waals surface area contributed by atoms with Crippen molar-refractivity contribution in [2.45, 2.75) is 66.1 Å².